The van der Waals surface area contributed by atoms with Crippen molar-refractivity contribution in [3.63, 3.8) is 0 Å². The van der Waals surface area contributed by atoms with Crippen LogP contribution in [0.3, 0.4) is 0 Å². The highest BCUT2D eigenvalue weighted by Crippen LogP contribution is 2.40. The highest BCUT2D eigenvalue weighted by atomic mass is 79.9. The molecule has 4 heteroatoms. The number of benzene rings is 1. The van der Waals surface area contributed by atoms with Gasteiger partial charge in [0.05, 0.1) is 11.6 Å². The number of ether oxygens (including phenoxy) is 1. The van der Waals surface area contributed by atoms with E-state index in [0.717, 1.165) is 18.4 Å². The number of halogens is 3. The van der Waals surface area contributed by atoms with Crippen LogP contribution in [-0.4, -0.2) is 7.11 Å². The smallest absolute Gasteiger partial charge is 0.141 e. The molecule has 0 saturated carbocycles. The second-order valence-corrected chi connectivity index (χ2v) is 8.54. The first-order valence-electron chi connectivity index (χ1n) is 6.81. The zero-order valence-electron chi connectivity index (χ0n) is 12.8. The lowest BCUT2D eigenvalue weighted by molar-refractivity contribution is 0.295. The Hall–Kier alpha value is -0.0900. The molecule has 1 aromatic rings. The second-order valence-electron chi connectivity index (χ2n) is 6.58. The van der Waals surface area contributed by atoms with Crippen molar-refractivity contribution in [2.24, 2.45) is 11.3 Å². The van der Waals surface area contributed by atoms with Gasteiger partial charge in [0, 0.05) is 16.5 Å². The third kappa shape index (κ3) is 5.36. The molecule has 1 rings (SSSR count). The molecule has 2 unspecified atom stereocenters. The molecule has 0 bridgehead atoms. The maximum atomic E-state index is 13.6. The number of hydrogen-bond acceptors (Lipinski definition) is 1. The first-order chi connectivity index (χ1) is 9.14. The number of hydrogen-bond donors (Lipinski definition) is 0. The van der Waals surface area contributed by atoms with Crippen LogP contribution in [0.5, 0.6) is 5.75 Å². The molecule has 0 saturated heterocycles. The minimum absolute atomic E-state index is 0.159. The lowest BCUT2D eigenvalue weighted by atomic mass is 9.83. The standard InChI is InChI=1S/C16H23Br2FO/c1-10(9-16(2,3)4)6-12(17)11-7-13(18)14(19)8-15(11)20-5/h7-8,10,12H,6,9H2,1-5H3. The van der Waals surface area contributed by atoms with Gasteiger partial charge in [-0.05, 0) is 46.2 Å². The normalized spacial score (nSPS) is 15.0. The van der Waals surface area contributed by atoms with E-state index in [1.165, 1.54) is 6.07 Å². The fourth-order valence-corrected chi connectivity index (χ4v) is 3.93. The summed E-state index contributed by atoms with van der Waals surface area (Å²) in [5, 5.41) is 0. The molecule has 0 aromatic heterocycles. The summed E-state index contributed by atoms with van der Waals surface area (Å²) < 4.78 is 19.3. The first-order valence-corrected chi connectivity index (χ1v) is 8.52. The molecule has 0 heterocycles. The van der Waals surface area contributed by atoms with Crippen LogP contribution in [0, 0.1) is 17.2 Å². The minimum Gasteiger partial charge on any atom is -0.496 e. The summed E-state index contributed by atoms with van der Waals surface area (Å²) in [7, 11) is 1.57. The predicted molar refractivity (Wildman–Crippen MR) is 90.2 cm³/mol. The van der Waals surface area contributed by atoms with E-state index in [1.54, 1.807) is 13.2 Å². The minimum atomic E-state index is -0.298. The molecule has 0 aliphatic heterocycles. The highest BCUT2D eigenvalue weighted by Gasteiger charge is 2.21. The molecule has 114 valence electrons. The monoisotopic (exact) mass is 408 g/mol. The molecule has 0 spiro atoms. The summed E-state index contributed by atoms with van der Waals surface area (Å²) in [6.45, 7) is 9.01. The molecule has 0 N–H and O–H groups in total. The van der Waals surface area contributed by atoms with Crippen molar-refractivity contribution in [2.75, 3.05) is 7.11 Å². The van der Waals surface area contributed by atoms with Crippen LogP contribution in [0.2, 0.25) is 0 Å². The van der Waals surface area contributed by atoms with Crippen LogP contribution in [0.15, 0.2) is 16.6 Å². The fourth-order valence-electron chi connectivity index (χ4n) is 2.57. The van der Waals surface area contributed by atoms with Gasteiger partial charge in [0.2, 0.25) is 0 Å². The topological polar surface area (TPSA) is 9.23 Å². The maximum Gasteiger partial charge on any atom is 0.141 e. The van der Waals surface area contributed by atoms with Crippen LogP contribution in [0.4, 0.5) is 4.39 Å². The molecule has 1 aromatic carbocycles. The molecule has 0 radical (unpaired) electrons. The Morgan fingerprint density at radius 3 is 2.40 bits per heavy atom. The van der Waals surface area contributed by atoms with E-state index in [1.807, 2.05) is 0 Å². The third-order valence-corrected chi connectivity index (χ3v) is 4.66. The zero-order chi connectivity index (χ0) is 15.5. The summed E-state index contributed by atoms with van der Waals surface area (Å²) in [5.41, 5.74) is 1.31. The van der Waals surface area contributed by atoms with Crippen LogP contribution >= 0.6 is 31.9 Å². The predicted octanol–water partition coefficient (Wildman–Crippen LogP) is 6.50. The SMILES string of the molecule is COc1cc(F)c(Br)cc1C(Br)CC(C)CC(C)(C)C. The van der Waals surface area contributed by atoms with E-state index in [9.17, 15) is 4.39 Å². The van der Waals surface area contributed by atoms with Gasteiger partial charge in [-0.3, -0.25) is 0 Å². The Labute approximate surface area is 138 Å². The fraction of sp³-hybridized carbons (Fsp3) is 0.625. The molecular formula is C16H23Br2FO. The quantitative estimate of drug-likeness (QED) is 0.504. The summed E-state index contributed by atoms with van der Waals surface area (Å²) in [4.78, 5) is 0.159. The maximum absolute atomic E-state index is 13.6. The van der Waals surface area contributed by atoms with Crippen molar-refractivity contribution in [2.45, 2.75) is 45.4 Å². The van der Waals surface area contributed by atoms with E-state index in [-0.39, 0.29) is 10.6 Å². The van der Waals surface area contributed by atoms with Gasteiger partial charge in [0.15, 0.2) is 0 Å². The van der Waals surface area contributed by atoms with Gasteiger partial charge in [-0.2, -0.15) is 0 Å². The van der Waals surface area contributed by atoms with Gasteiger partial charge < -0.3 is 4.74 Å². The van der Waals surface area contributed by atoms with Crippen molar-refractivity contribution in [3.8, 4) is 5.75 Å². The summed E-state index contributed by atoms with van der Waals surface area (Å²) in [5.74, 6) is 0.872. The van der Waals surface area contributed by atoms with E-state index in [2.05, 4.69) is 59.6 Å². The van der Waals surface area contributed by atoms with Gasteiger partial charge in [-0.1, -0.05) is 43.6 Å². The van der Waals surface area contributed by atoms with Crippen LogP contribution < -0.4 is 4.74 Å². The lowest BCUT2D eigenvalue weighted by Crippen LogP contribution is -2.12. The Balaban J connectivity index is 2.86. The van der Waals surface area contributed by atoms with E-state index in [0.29, 0.717) is 21.6 Å². The Bertz CT molecular complexity index is 455. The van der Waals surface area contributed by atoms with E-state index >= 15 is 0 Å². The van der Waals surface area contributed by atoms with Crippen molar-refractivity contribution in [3.05, 3.63) is 28.0 Å². The summed E-state index contributed by atoms with van der Waals surface area (Å²) in [6, 6.07) is 3.24. The van der Waals surface area contributed by atoms with Crippen molar-refractivity contribution >= 4 is 31.9 Å². The molecule has 0 amide bonds. The second kappa shape index (κ2) is 7.26. The van der Waals surface area contributed by atoms with Crippen molar-refractivity contribution < 1.29 is 9.13 Å². The molecule has 0 aliphatic rings. The van der Waals surface area contributed by atoms with Crippen molar-refractivity contribution in [1.29, 1.82) is 0 Å². The largest absolute Gasteiger partial charge is 0.496 e. The van der Waals surface area contributed by atoms with Gasteiger partial charge in [-0.15, -0.1) is 0 Å². The van der Waals surface area contributed by atoms with E-state index < -0.39 is 0 Å². The third-order valence-electron chi connectivity index (χ3n) is 3.18. The number of alkyl halides is 1. The molecule has 0 aliphatic carbocycles. The Morgan fingerprint density at radius 2 is 1.90 bits per heavy atom. The number of methoxy groups -OCH3 is 1. The molecule has 20 heavy (non-hydrogen) atoms. The van der Waals surface area contributed by atoms with Gasteiger partial charge in [0.25, 0.3) is 0 Å². The zero-order valence-corrected chi connectivity index (χ0v) is 15.9. The average molecular weight is 410 g/mol. The molecular weight excluding hydrogens is 387 g/mol. The van der Waals surface area contributed by atoms with Crippen molar-refractivity contribution in [1.82, 2.24) is 0 Å². The lowest BCUT2D eigenvalue weighted by Gasteiger charge is -2.25. The van der Waals surface area contributed by atoms with Gasteiger partial charge >= 0.3 is 0 Å². The van der Waals surface area contributed by atoms with Gasteiger partial charge in [0.1, 0.15) is 11.6 Å². The highest BCUT2D eigenvalue weighted by molar-refractivity contribution is 9.10. The van der Waals surface area contributed by atoms with Crippen LogP contribution in [-0.2, 0) is 0 Å². The summed E-state index contributed by atoms with van der Waals surface area (Å²) >= 11 is 6.96. The van der Waals surface area contributed by atoms with Crippen LogP contribution in [0.25, 0.3) is 0 Å². The van der Waals surface area contributed by atoms with Crippen LogP contribution in [0.1, 0.15) is 50.9 Å². The first kappa shape index (κ1) is 18.0. The Kier molecular flexibility index (Phi) is 6.52. The Morgan fingerprint density at radius 1 is 1.30 bits per heavy atom. The molecule has 2 atom stereocenters. The van der Waals surface area contributed by atoms with Gasteiger partial charge in [-0.25, -0.2) is 4.39 Å². The summed E-state index contributed by atoms with van der Waals surface area (Å²) in [6.07, 6.45) is 2.14. The average Bonchev–Trinajstić information content (AvgIpc) is 2.29. The van der Waals surface area contributed by atoms with E-state index in [4.69, 9.17) is 4.74 Å². The molecule has 0 fully saturated rings. The molecule has 1 nitrogen and oxygen atoms in total. The number of rotatable bonds is 5.